The van der Waals surface area contributed by atoms with E-state index in [1.54, 1.807) is 6.20 Å². The summed E-state index contributed by atoms with van der Waals surface area (Å²) in [6.45, 7) is 0. The second kappa shape index (κ2) is 3.20. The van der Waals surface area contributed by atoms with Crippen molar-refractivity contribution in [2.45, 2.75) is 0 Å². The second-order valence-corrected chi connectivity index (χ2v) is 3.35. The van der Waals surface area contributed by atoms with Crippen molar-refractivity contribution < 1.29 is 0 Å². The van der Waals surface area contributed by atoms with Gasteiger partial charge in [-0.3, -0.25) is 10.1 Å². The van der Waals surface area contributed by atoms with Crippen LogP contribution in [0.3, 0.4) is 0 Å². The zero-order valence-corrected chi connectivity index (χ0v) is 8.01. The van der Waals surface area contributed by atoms with Gasteiger partial charge in [-0.25, -0.2) is 0 Å². The zero-order valence-electron chi connectivity index (χ0n) is 8.01. The van der Waals surface area contributed by atoms with Crippen molar-refractivity contribution in [2.24, 2.45) is 0 Å². The lowest BCUT2D eigenvalue weighted by Gasteiger charge is -2.00. The van der Waals surface area contributed by atoms with Gasteiger partial charge in [0.15, 0.2) is 0 Å². The first-order valence-electron chi connectivity index (χ1n) is 4.78. The van der Waals surface area contributed by atoms with Crippen LogP contribution in [0, 0.1) is 0 Å². The van der Waals surface area contributed by atoms with Gasteiger partial charge >= 0.3 is 0 Å². The summed E-state index contributed by atoms with van der Waals surface area (Å²) in [5.74, 6) is 0. The minimum atomic E-state index is 0.965. The molecule has 0 aliphatic rings. The summed E-state index contributed by atoms with van der Waals surface area (Å²) >= 11 is 0. The number of rotatable bonds is 1. The Morgan fingerprint density at radius 3 is 2.87 bits per heavy atom. The van der Waals surface area contributed by atoms with Gasteiger partial charge in [0.1, 0.15) is 0 Å². The van der Waals surface area contributed by atoms with Crippen LogP contribution in [0.4, 0.5) is 0 Å². The molecule has 1 N–H and O–H groups in total. The smallest absolute Gasteiger partial charge is 0.0744 e. The van der Waals surface area contributed by atoms with Gasteiger partial charge < -0.3 is 0 Å². The van der Waals surface area contributed by atoms with E-state index in [1.807, 2.05) is 42.6 Å². The zero-order chi connectivity index (χ0) is 10.1. The highest BCUT2D eigenvalue weighted by Crippen LogP contribution is 2.24. The Morgan fingerprint density at radius 2 is 2.00 bits per heavy atom. The lowest BCUT2D eigenvalue weighted by atomic mass is 10.1. The normalized spacial score (nSPS) is 10.7. The van der Waals surface area contributed by atoms with Crippen LogP contribution in [0.15, 0.2) is 48.8 Å². The minimum absolute atomic E-state index is 0.965. The number of benzene rings is 1. The van der Waals surface area contributed by atoms with Gasteiger partial charge in [-0.05, 0) is 12.1 Å². The predicted molar refractivity (Wildman–Crippen MR) is 59.3 cm³/mol. The molecule has 0 saturated heterocycles. The summed E-state index contributed by atoms with van der Waals surface area (Å²) in [5.41, 5.74) is 3.09. The van der Waals surface area contributed by atoms with Crippen LogP contribution in [-0.2, 0) is 0 Å². The molecule has 0 fully saturated rings. The summed E-state index contributed by atoms with van der Waals surface area (Å²) in [6.07, 6.45) is 3.62. The molecule has 72 valence electrons. The molecule has 0 amide bonds. The van der Waals surface area contributed by atoms with Crippen LogP contribution in [0.2, 0.25) is 0 Å². The maximum absolute atomic E-state index is 4.33. The molecule has 3 aromatic rings. The molecule has 1 aromatic carbocycles. The summed E-state index contributed by atoms with van der Waals surface area (Å²) in [6, 6.07) is 12.0. The highest BCUT2D eigenvalue weighted by molar-refractivity contribution is 5.92. The Kier molecular flexibility index (Phi) is 1.75. The number of hydrogen-bond donors (Lipinski definition) is 1. The number of nitrogens with one attached hydrogen (secondary N) is 1. The number of aromatic amines is 1. The first-order chi connectivity index (χ1) is 7.45. The van der Waals surface area contributed by atoms with Gasteiger partial charge in [0, 0.05) is 17.1 Å². The van der Waals surface area contributed by atoms with E-state index in [-0.39, 0.29) is 0 Å². The molecule has 2 aromatic heterocycles. The fraction of sp³-hybridized carbons (Fsp3) is 0. The van der Waals surface area contributed by atoms with Crippen LogP contribution in [0.25, 0.3) is 22.2 Å². The molecule has 0 saturated carbocycles. The molecule has 3 nitrogen and oxygen atoms in total. The summed E-state index contributed by atoms with van der Waals surface area (Å²) in [5, 5.41) is 8.14. The van der Waals surface area contributed by atoms with Crippen molar-refractivity contribution >= 4 is 10.9 Å². The molecule has 0 atom stereocenters. The average Bonchev–Trinajstić information content (AvgIpc) is 2.78. The van der Waals surface area contributed by atoms with Crippen LogP contribution >= 0.6 is 0 Å². The van der Waals surface area contributed by atoms with Crippen molar-refractivity contribution in [2.75, 3.05) is 0 Å². The molecular weight excluding hydrogens is 186 g/mol. The van der Waals surface area contributed by atoms with Gasteiger partial charge in [-0.15, -0.1) is 0 Å². The van der Waals surface area contributed by atoms with Crippen molar-refractivity contribution in [1.29, 1.82) is 0 Å². The number of hydrogen-bond acceptors (Lipinski definition) is 2. The fourth-order valence-corrected chi connectivity index (χ4v) is 1.70. The van der Waals surface area contributed by atoms with Crippen LogP contribution < -0.4 is 0 Å². The van der Waals surface area contributed by atoms with Crippen LogP contribution in [0.5, 0.6) is 0 Å². The number of pyridine rings is 1. The Balaban J connectivity index is 2.31. The second-order valence-electron chi connectivity index (χ2n) is 3.35. The average molecular weight is 195 g/mol. The van der Waals surface area contributed by atoms with E-state index in [2.05, 4.69) is 15.2 Å². The number of para-hydroxylation sites is 1. The van der Waals surface area contributed by atoms with E-state index < -0.39 is 0 Å². The Hall–Kier alpha value is -2.16. The largest absolute Gasteiger partial charge is 0.277 e. The summed E-state index contributed by atoms with van der Waals surface area (Å²) < 4.78 is 0. The van der Waals surface area contributed by atoms with Gasteiger partial charge in [0.05, 0.1) is 17.4 Å². The molecule has 0 radical (unpaired) electrons. The highest BCUT2D eigenvalue weighted by atomic mass is 15.1. The Bertz CT molecular complexity index is 584. The maximum Gasteiger partial charge on any atom is 0.0744 e. The van der Waals surface area contributed by atoms with Crippen molar-refractivity contribution in [3.05, 3.63) is 48.8 Å². The molecule has 15 heavy (non-hydrogen) atoms. The predicted octanol–water partition coefficient (Wildman–Crippen LogP) is 2.62. The molecule has 0 bridgehead atoms. The van der Waals surface area contributed by atoms with Crippen molar-refractivity contribution in [3.8, 4) is 11.3 Å². The molecule has 3 heteroatoms. The lowest BCUT2D eigenvalue weighted by Crippen LogP contribution is -1.83. The summed E-state index contributed by atoms with van der Waals surface area (Å²) in [4.78, 5) is 4.33. The molecule has 2 heterocycles. The molecule has 0 aliphatic carbocycles. The third-order valence-corrected chi connectivity index (χ3v) is 2.42. The highest BCUT2D eigenvalue weighted by Gasteiger charge is 2.04. The van der Waals surface area contributed by atoms with E-state index in [4.69, 9.17) is 0 Å². The van der Waals surface area contributed by atoms with E-state index >= 15 is 0 Å². The van der Waals surface area contributed by atoms with Crippen LogP contribution in [0.1, 0.15) is 0 Å². The number of nitrogens with zero attached hydrogens (tertiary/aromatic N) is 2. The fourth-order valence-electron chi connectivity index (χ4n) is 1.70. The quantitative estimate of drug-likeness (QED) is 0.648. The van der Waals surface area contributed by atoms with Gasteiger partial charge in [-0.2, -0.15) is 5.10 Å². The Morgan fingerprint density at radius 1 is 1.00 bits per heavy atom. The molecule has 0 unspecified atom stereocenters. The first kappa shape index (κ1) is 8.17. The lowest BCUT2D eigenvalue weighted by molar-refractivity contribution is 1.12. The van der Waals surface area contributed by atoms with E-state index in [9.17, 15) is 0 Å². The number of fused-ring (bicyclic) bond motifs is 1. The molecule has 0 aliphatic heterocycles. The van der Waals surface area contributed by atoms with Crippen LogP contribution in [-0.4, -0.2) is 15.2 Å². The monoisotopic (exact) mass is 195 g/mol. The minimum Gasteiger partial charge on any atom is -0.277 e. The standard InChI is InChI=1S/C12H9N3/c1-2-7-13-11(6-1)10-5-3-4-9-8-14-15-12(9)10/h1-8H,(H,14,15). The Labute approximate surface area is 86.8 Å². The van der Waals surface area contributed by atoms with E-state index in [0.717, 1.165) is 22.2 Å². The SMILES string of the molecule is c1ccc(-c2cccc3cn[nH]c23)nc1. The van der Waals surface area contributed by atoms with Crippen molar-refractivity contribution in [3.63, 3.8) is 0 Å². The number of H-pyrrole nitrogens is 1. The first-order valence-corrected chi connectivity index (χ1v) is 4.78. The topological polar surface area (TPSA) is 41.6 Å². The third-order valence-electron chi connectivity index (χ3n) is 2.42. The van der Waals surface area contributed by atoms with E-state index in [0.29, 0.717) is 0 Å². The van der Waals surface area contributed by atoms with Crippen molar-refractivity contribution in [1.82, 2.24) is 15.2 Å². The van der Waals surface area contributed by atoms with Gasteiger partial charge in [-0.1, -0.05) is 24.3 Å². The van der Waals surface area contributed by atoms with Gasteiger partial charge in [0.2, 0.25) is 0 Å². The maximum atomic E-state index is 4.33. The molecular formula is C12H9N3. The molecule has 0 spiro atoms. The third kappa shape index (κ3) is 1.29. The summed E-state index contributed by atoms with van der Waals surface area (Å²) in [7, 11) is 0. The van der Waals surface area contributed by atoms with Gasteiger partial charge in [0.25, 0.3) is 0 Å². The number of aromatic nitrogens is 3. The molecule has 3 rings (SSSR count). The van der Waals surface area contributed by atoms with E-state index in [1.165, 1.54) is 0 Å².